The number of guanidine groups is 1. The van der Waals surface area contributed by atoms with Crippen molar-refractivity contribution in [2.45, 2.75) is 52.7 Å². The Kier molecular flexibility index (Phi) is 6.83. The van der Waals surface area contributed by atoms with Crippen molar-refractivity contribution in [3.63, 3.8) is 0 Å². The molecule has 24 heavy (non-hydrogen) atoms. The SMILES string of the molecule is CCNC(=NCC(=O)OC(C)(C)C)NCC(C)(O)c1ccc(C)o1. The molecule has 1 aromatic rings. The number of hydrogen-bond donors (Lipinski definition) is 3. The van der Waals surface area contributed by atoms with E-state index in [9.17, 15) is 9.90 Å². The Labute approximate surface area is 143 Å². The third-order valence-corrected chi connectivity index (χ3v) is 3.00. The molecule has 136 valence electrons. The third-order valence-electron chi connectivity index (χ3n) is 3.00. The summed E-state index contributed by atoms with van der Waals surface area (Å²) in [5, 5.41) is 16.5. The predicted octanol–water partition coefficient (Wildman–Crippen LogP) is 1.69. The maximum absolute atomic E-state index is 11.7. The zero-order valence-electron chi connectivity index (χ0n) is 15.4. The minimum absolute atomic E-state index is 0.103. The minimum atomic E-state index is -1.20. The number of aliphatic imine (C=N–C) groups is 1. The van der Waals surface area contributed by atoms with Crippen molar-refractivity contribution in [2.75, 3.05) is 19.6 Å². The van der Waals surface area contributed by atoms with Crippen molar-refractivity contribution in [3.05, 3.63) is 23.7 Å². The van der Waals surface area contributed by atoms with Gasteiger partial charge in [0.05, 0.1) is 6.54 Å². The number of nitrogens with one attached hydrogen (secondary N) is 2. The van der Waals surface area contributed by atoms with Crippen molar-refractivity contribution in [1.82, 2.24) is 10.6 Å². The maximum Gasteiger partial charge on any atom is 0.328 e. The average Bonchev–Trinajstić information content (AvgIpc) is 2.87. The molecule has 0 aliphatic carbocycles. The van der Waals surface area contributed by atoms with Gasteiger partial charge in [-0.05, 0) is 53.7 Å². The molecule has 0 fully saturated rings. The van der Waals surface area contributed by atoms with E-state index in [0.29, 0.717) is 18.3 Å². The van der Waals surface area contributed by atoms with E-state index in [0.717, 1.165) is 5.76 Å². The summed E-state index contributed by atoms with van der Waals surface area (Å²) in [5.41, 5.74) is -1.74. The highest BCUT2D eigenvalue weighted by Gasteiger charge is 2.27. The Hall–Kier alpha value is -2.02. The molecule has 1 atom stereocenters. The van der Waals surface area contributed by atoms with Crippen LogP contribution in [0.4, 0.5) is 0 Å². The highest BCUT2D eigenvalue weighted by Crippen LogP contribution is 2.21. The standard InChI is InChI=1S/C17H29N3O4/c1-7-18-15(19-10-14(21)24-16(3,4)5)20-11-17(6,22)13-9-8-12(2)23-13/h8-9,22H,7,10-11H2,1-6H3,(H2,18,19,20). The Morgan fingerprint density at radius 1 is 1.29 bits per heavy atom. The van der Waals surface area contributed by atoms with Crippen molar-refractivity contribution >= 4 is 11.9 Å². The zero-order chi connectivity index (χ0) is 18.4. The lowest BCUT2D eigenvalue weighted by molar-refractivity contribution is -0.152. The van der Waals surface area contributed by atoms with Gasteiger partial charge in [0.25, 0.3) is 0 Å². The molecule has 0 spiro atoms. The molecule has 1 heterocycles. The van der Waals surface area contributed by atoms with Gasteiger partial charge in [0, 0.05) is 6.54 Å². The molecular formula is C17H29N3O4. The first kappa shape index (κ1) is 20.0. The number of carbonyl (C=O) groups excluding carboxylic acids is 1. The largest absolute Gasteiger partial charge is 0.463 e. The fraction of sp³-hybridized carbons (Fsp3) is 0.647. The lowest BCUT2D eigenvalue weighted by Gasteiger charge is -2.23. The van der Waals surface area contributed by atoms with Crippen molar-refractivity contribution in [2.24, 2.45) is 4.99 Å². The number of furan rings is 1. The number of esters is 1. The molecule has 0 aliphatic rings. The molecule has 0 aliphatic heterocycles. The summed E-state index contributed by atoms with van der Waals surface area (Å²) in [6.45, 7) is 11.5. The zero-order valence-corrected chi connectivity index (χ0v) is 15.4. The molecule has 0 amide bonds. The predicted molar refractivity (Wildman–Crippen MR) is 92.8 cm³/mol. The Balaban J connectivity index is 2.65. The smallest absolute Gasteiger partial charge is 0.328 e. The molecule has 0 bridgehead atoms. The van der Waals surface area contributed by atoms with Gasteiger partial charge in [-0.2, -0.15) is 0 Å². The highest BCUT2D eigenvalue weighted by molar-refractivity contribution is 5.83. The molecule has 3 N–H and O–H groups in total. The van der Waals surface area contributed by atoms with Crippen molar-refractivity contribution in [1.29, 1.82) is 0 Å². The van der Waals surface area contributed by atoms with E-state index in [2.05, 4.69) is 15.6 Å². The number of ether oxygens (including phenoxy) is 1. The lowest BCUT2D eigenvalue weighted by atomic mass is 10.0. The summed E-state index contributed by atoms with van der Waals surface area (Å²) < 4.78 is 10.7. The summed E-state index contributed by atoms with van der Waals surface area (Å²) in [7, 11) is 0. The fourth-order valence-corrected chi connectivity index (χ4v) is 1.93. The molecule has 7 heteroatoms. The van der Waals surface area contributed by atoms with E-state index in [-0.39, 0.29) is 13.1 Å². The Bertz CT molecular complexity index is 571. The highest BCUT2D eigenvalue weighted by atomic mass is 16.6. The summed E-state index contributed by atoms with van der Waals surface area (Å²) in [6, 6.07) is 3.54. The molecule has 0 aromatic carbocycles. The van der Waals surface area contributed by atoms with E-state index in [1.807, 2.05) is 13.8 Å². The van der Waals surface area contributed by atoms with Crippen LogP contribution in [0, 0.1) is 6.92 Å². The van der Waals surface area contributed by atoms with E-state index in [4.69, 9.17) is 9.15 Å². The first-order valence-corrected chi connectivity index (χ1v) is 8.07. The number of aryl methyl sites for hydroxylation is 1. The van der Waals surface area contributed by atoms with Crippen LogP contribution in [-0.4, -0.2) is 42.3 Å². The van der Waals surface area contributed by atoms with Gasteiger partial charge < -0.3 is 24.9 Å². The van der Waals surface area contributed by atoms with Crippen molar-refractivity contribution < 1.29 is 19.1 Å². The van der Waals surface area contributed by atoms with E-state index >= 15 is 0 Å². The minimum Gasteiger partial charge on any atom is -0.463 e. The van der Waals surface area contributed by atoms with Gasteiger partial charge in [0.2, 0.25) is 0 Å². The number of aliphatic hydroxyl groups is 1. The Morgan fingerprint density at radius 2 is 1.96 bits per heavy atom. The summed E-state index contributed by atoms with van der Waals surface area (Å²) in [5.74, 6) is 1.21. The molecule has 1 aromatic heterocycles. The van der Waals surface area contributed by atoms with Gasteiger partial charge in [-0.3, -0.25) is 4.79 Å². The van der Waals surface area contributed by atoms with E-state index in [1.54, 1.807) is 39.8 Å². The molecule has 0 saturated heterocycles. The number of hydrogen-bond acceptors (Lipinski definition) is 5. The third kappa shape index (κ3) is 7.04. The van der Waals surface area contributed by atoms with Crippen LogP contribution in [-0.2, 0) is 15.1 Å². The number of carbonyl (C=O) groups is 1. The quantitative estimate of drug-likeness (QED) is 0.415. The van der Waals surface area contributed by atoms with Crippen LogP contribution in [0.2, 0.25) is 0 Å². The summed E-state index contributed by atoms with van der Waals surface area (Å²) >= 11 is 0. The van der Waals surface area contributed by atoms with Crippen LogP contribution >= 0.6 is 0 Å². The van der Waals surface area contributed by atoms with Gasteiger partial charge in [0.1, 0.15) is 29.3 Å². The van der Waals surface area contributed by atoms with Gasteiger partial charge in [0.15, 0.2) is 5.96 Å². The van der Waals surface area contributed by atoms with Crippen LogP contribution < -0.4 is 10.6 Å². The van der Waals surface area contributed by atoms with Crippen molar-refractivity contribution in [3.8, 4) is 0 Å². The lowest BCUT2D eigenvalue weighted by Crippen LogP contribution is -2.44. The van der Waals surface area contributed by atoms with E-state index in [1.165, 1.54) is 0 Å². The molecule has 1 rings (SSSR count). The van der Waals surface area contributed by atoms with Crippen LogP contribution in [0.5, 0.6) is 0 Å². The second-order valence-electron chi connectivity index (χ2n) is 6.82. The summed E-state index contributed by atoms with van der Waals surface area (Å²) in [4.78, 5) is 15.9. The molecule has 0 saturated carbocycles. The molecule has 1 unspecified atom stereocenters. The van der Waals surface area contributed by atoms with Gasteiger partial charge in [-0.15, -0.1) is 0 Å². The van der Waals surface area contributed by atoms with Crippen LogP contribution in [0.1, 0.15) is 46.1 Å². The monoisotopic (exact) mass is 339 g/mol. The summed E-state index contributed by atoms with van der Waals surface area (Å²) in [6.07, 6.45) is 0. The molecular weight excluding hydrogens is 310 g/mol. The molecule has 0 radical (unpaired) electrons. The Morgan fingerprint density at radius 3 is 2.46 bits per heavy atom. The maximum atomic E-state index is 11.7. The van der Waals surface area contributed by atoms with Gasteiger partial charge in [-0.25, -0.2) is 4.99 Å². The van der Waals surface area contributed by atoms with Crippen LogP contribution in [0.3, 0.4) is 0 Å². The van der Waals surface area contributed by atoms with Crippen LogP contribution in [0.15, 0.2) is 21.5 Å². The molecule has 7 nitrogen and oxygen atoms in total. The number of nitrogens with zero attached hydrogens (tertiary/aromatic N) is 1. The first-order valence-electron chi connectivity index (χ1n) is 8.07. The van der Waals surface area contributed by atoms with E-state index < -0.39 is 17.2 Å². The number of rotatable bonds is 6. The van der Waals surface area contributed by atoms with Crippen LogP contribution in [0.25, 0.3) is 0 Å². The topological polar surface area (TPSA) is 96.1 Å². The van der Waals surface area contributed by atoms with Gasteiger partial charge >= 0.3 is 5.97 Å². The van der Waals surface area contributed by atoms with Gasteiger partial charge in [-0.1, -0.05) is 0 Å². The average molecular weight is 339 g/mol. The second kappa shape index (κ2) is 8.19. The second-order valence-corrected chi connectivity index (χ2v) is 6.82. The fourth-order valence-electron chi connectivity index (χ4n) is 1.93. The normalized spacial score (nSPS) is 14.9. The first-order chi connectivity index (χ1) is 11.0.